The van der Waals surface area contributed by atoms with Crippen molar-refractivity contribution in [1.29, 1.82) is 0 Å². The topological polar surface area (TPSA) is 98.2 Å². The van der Waals surface area contributed by atoms with Gasteiger partial charge in [0, 0.05) is 31.1 Å². The number of ketones is 1. The zero-order valence-corrected chi connectivity index (χ0v) is 14.4. The summed E-state index contributed by atoms with van der Waals surface area (Å²) in [6, 6.07) is 7.95. The summed E-state index contributed by atoms with van der Waals surface area (Å²) in [4.78, 5) is 38.1. The molecule has 1 aliphatic heterocycles. The summed E-state index contributed by atoms with van der Waals surface area (Å²) in [6.45, 7) is 0.408. The Labute approximate surface area is 151 Å². The fourth-order valence-corrected chi connectivity index (χ4v) is 4.53. The van der Waals surface area contributed by atoms with Crippen LogP contribution in [0.2, 0.25) is 0 Å². The molecule has 4 rings (SSSR count). The van der Waals surface area contributed by atoms with E-state index in [1.165, 1.54) is 4.90 Å². The van der Waals surface area contributed by atoms with Crippen LogP contribution in [-0.2, 0) is 9.59 Å². The van der Waals surface area contributed by atoms with Crippen LogP contribution in [0.5, 0.6) is 0 Å². The summed E-state index contributed by atoms with van der Waals surface area (Å²) in [5.74, 6) is -1.96. The van der Waals surface area contributed by atoms with Gasteiger partial charge in [0.25, 0.3) is 0 Å². The highest BCUT2D eigenvalue weighted by Crippen LogP contribution is 2.53. The second-order valence-electron chi connectivity index (χ2n) is 7.41. The van der Waals surface area contributed by atoms with Crippen LogP contribution >= 0.6 is 0 Å². The minimum absolute atomic E-state index is 0.00939. The third kappa shape index (κ3) is 2.76. The molecule has 7 heteroatoms. The number of para-hydroxylation sites is 1. The number of carbonyl (C=O) groups is 3. The van der Waals surface area contributed by atoms with E-state index in [0.29, 0.717) is 12.6 Å². The van der Waals surface area contributed by atoms with Crippen molar-refractivity contribution < 1.29 is 24.6 Å². The minimum Gasteiger partial charge on any atom is -0.476 e. The van der Waals surface area contributed by atoms with Gasteiger partial charge in [-0.15, -0.1) is 0 Å². The lowest BCUT2D eigenvalue weighted by molar-refractivity contribution is -0.149. The van der Waals surface area contributed by atoms with Crippen molar-refractivity contribution >= 4 is 23.5 Å². The summed E-state index contributed by atoms with van der Waals surface area (Å²) >= 11 is 0. The van der Waals surface area contributed by atoms with Crippen LogP contribution in [0.3, 0.4) is 0 Å². The maximum Gasteiger partial charge on any atom is 0.412 e. The molecule has 2 fully saturated rings. The van der Waals surface area contributed by atoms with Crippen LogP contribution in [0, 0.1) is 5.92 Å². The molecule has 1 unspecified atom stereocenters. The highest BCUT2D eigenvalue weighted by atomic mass is 16.4. The molecular formula is C19H22N2O5. The lowest BCUT2D eigenvalue weighted by Gasteiger charge is -2.54. The van der Waals surface area contributed by atoms with Gasteiger partial charge in [0.15, 0.2) is 0 Å². The van der Waals surface area contributed by atoms with E-state index in [-0.39, 0.29) is 24.4 Å². The summed E-state index contributed by atoms with van der Waals surface area (Å²) in [6.07, 6.45) is 2.94. The number of hydrogen-bond donors (Lipinski definition) is 2. The largest absolute Gasteiger partial charge is 0.476 e. The Hall–Kier alpha value is -2.41. The van der Waals surface area contributed by atoms with E-state index in [9.17, 15) is 19.5 Å². The lowest BCUT2D eigenvalue weighted by atomic mass is 9.68. The Morgan fingerprint density at radius 3 is 2.38 bits per heavy atom. The number of amides is 1. The monoisotopic (exact) mass is 358 g/mol. The van der Waals surface area contributed by atoms with E-state index in [1.807, 2.05) is 24.3 Å². The molecule has 26 heavy (non-hydrogen) atoms. The molecule has 0 saturated heterocycles. The van der Waals surface area contributed by atoms with Gasteiger partial charge in [-0.3, -0.25) is 14.6 Å². The van der Waals surface area contributed by atoms with E-state index in [4.69, 9.17) is 5.11 Å². The first-order valence-electron chi connectivity index (χ1n) is 9.12. The lowest BCUT2D eigenvalue weighted by Crippen LogP contribution is -2.58. The Morgan fingerprint density at radius 2 is 1.81 bits per heavy atom. The van der Waals surface area contributed by atoms with Crippen molar-refractivity contribution in [3.05, 3.63) is 29.8 Å². The second kappa shape index (κ2) is 6.39. The molecule has 0 bridgehead atoms. The van der Waals surface area contributed by atoms with Crippen LogP contribution in [0.25, 0.3) is 0 Å². The van der Waals surface area contributed by atoms with Crippen molar-refractivity contribution in [3.63, 3.8) is 0 Å². The zero-order chi connectivity index (χ0) is 18.4. The van der Waals surface area contributed by atoms with E-state index in [0.717, 1.165) is 36.9 Å². The molecule has 138 valence electrons. The number of Topliss-reactive ketones (excluding diaryl/α,β-unsaturated/α-hetero) is 1. The minimum atomic E-state index is -1.39. The summed E-state index contributed by atoms with van der Waals surface area (Å²) in [5.41, 5.74) is 1.70. The highest BCUT2D eigenvalue weighted by molar-refractivity contribution is 6.32. The predicted octanol–water partition coefficient (Wildman–Crippen LogP) is 2.51. The number of benzene rings is 1. The molecule has 3 aliphatic rings. The van der Waals surface area contributed by atoms with Crippen molar-refractivity contribution in [3.8, 4) is 0 Å². The van der Waals surface area contributed by atoms with Crippen molar-refractivity contribution in [2.24, 2.45) is 5.92 Å². The maximum atomic E-state index is 11.8. The standard InChI is InChI=1S/C19H22N2O5/c22-16(18(23)24)9-10-20(11-5-6-11)17-12-3-1-2-4-14(12)21(19(25)26)15-8-7-13(15)17/h1-4,11,13,15,17H,5-10H2,(H,23,24)(H,25,26)/t13-,15-,17?/m1/s1. The molecule has 7 nitrogen and oxygen atoms in total. The summed E-state index contributed by atoms with van der Waals surface area (Å²) in [5, 5.41) is 18.6. The quantitative estimate of drug-likeness (QED) is 0.758. The van der Waals surface area contributed by atoms with E-state index < -0.39 is 17.8 Å². The van der Waals surface area contributed by atoms with Crippen molar-refractivity contribution in [2.75, 3.05) is 11.4 Å². The summed E-state index contributed by atoms with van der Waals surface area (Å²) < 4.78 is 0. The first kappa shape index (κ1) is 17.0. The Balaban J connectivity index is 1.67. The van der Waals surface area contributed by atoms with Crippen LogP contribution in [-0.4, -0.2) is 51.6 Å². The number of nitrogens with zero attached hydrogens (tertiary/aromatic N) is 2. The third-order valence-corrected chi connectivity index (χ3v) is 5.96. The molecule has 0 spiro atoms. The van der Waals surface area contributed by atoms with Crippen LogP contribution in [0.4, 0.5) is 10.5 Å². The molecule has 2 N–H and O–H groups in total. The van der Waals surface area contributed by atoms with E-state index in [1.54, 1.807) is 0 Å². The van der Waals surface area contributed by atoms with Gasteiger partial charge < -0.3 is 10.2 Å². The van der Waals surface area contributed by atoms with Crippen molar-refractivity contribution in [2.45, 2.75) is 50.2 Å². The van der Waals surface area contributed by atoms with Gasteiger partial charge >= 0.3 is 12.1 Å². The number of aliphatic carboxylic acids is 1. The molecule has 0 aromatic heterocycles. The Morgan fingerprint density at radius 1 is 1.08 bits per heavy atom. The van der Waals surface area contributed by atoms with Crippen LogP contribution in [0.1, 0.15) is 43.7 Å². The zero-order valence-electron chi connectivity index (χ0n) is 14.4. The van der Waals surface area contributed by atoms with Gasteiger partial charge in [-0.1, -0.05) is 18.2 Å². The molecule has 1 aromatic rings. The van der Waals surface area contributed by atoms with E-state index in [2.05, 4.69) is 4.90 Å². The molecular weight excluding hydrogens is 336 g/mol. The number of fused-ring (bicyclic) bond motifs is 2. The Bertz CT molecular complexity index is 760. The number of carboxylic acids is 1. The van der Waals surface area contributed by atoms with Gasteiger partial charge in [0.1, 0.15) is 0 Å². The van der Waals surface area contributed by atoms with Gasteiger partial charge in [-0.25, -0.2) is 9.59 Å². The van der Waals surface area contributed by atoms with Crippen molar-refractivity contribution in [1.82, 2.24) is 4.90 Å². The first-order valence-corrected chi connectivity index (χ1v) is 9.12. The van der Waals surface area contributed by atoms with Gasteiger partial charge in [0.2, 0.25) is 5.78 Å². The fourth-order valence-electron chi connectivity index (χ4n) is 4.53. The molecule has 1 amide bonds. The molecule has 0 radical (unpaired) electrons. The average Bonchev–Trinajstić information content (AvgIpc) is 3.41. The smallest absolute Gasteiger partial charge is 0.412 e. The molecule has 3 atom stereocenters. The van der Waals surface area contributed by atoms with Crippen LogP contribution < -0.4 is 4.90 Å². The maximum absolute atomic E-state index is 11.8. The third-order valence-electron chi connectivity index (χ3n) is 5.96. The van der Waals surface area contributed by atoms with Gasteiger partial charge in [-0.2, -0.15) is 0 Å². The SMILES string of the molecule is O=C(O)C(=O)CCN(C1CC1)C1c2ccccc2N(C(=O)O)[C@@H]2CC[C@@H]12. The van der Waals surface area contributed by atoms with Gasteiger partial charge in [0.05, 0.1) is 5.69 Å². The van der Waals surface area contributed by atoms with Crippen LogP contribution in [0.15, 0.2) is 24.3 Å². The fraction of sp³-hybridized carbons (Fsp3) is 0.526. The normalized spacial score (nSPS) is 26.7. The predicted molar refractivity (Wildman–Crippen MR) is 93.2 cm³/mol. The first-order chi connectivity index (χ1) is 12.5. The number of anilines is 1. The van der Waals surface area contributed by atoms with E-state index >= 15 is 0 Å². The second-order valence-corrected chi connectivity index (χ2v) is 7.41. The molecule has 2 saturated carbocycles. The number of carboxylic acid groups (broad SMARTS) is 2. The number of carbonyl (C=O) groups excluding carboxylic acids is 1. The highest BCUT2D eigenvalue weighted by Gasteiger charge is 2.52. The molecule has 2 aliphatic carbocycles. The van der Waals surface area contributed by atoms with Gasteiger partial charge in [-0.05, 0) is 43.2 Å². The Kier molecular flexibility index (Phi) is 4.19. The molecule has 1 aromatic carbocycles. The average molecular weight is 358 g/mol. The number of hydrogen-bond acceptors (Lipinski definition) is 4. The molecule has 1 heterocycles. The number of rotatable bonds is 6. The summed E-state index contributed by atoms with van der Waals surface area (Å²) in [7, 11) is 0.